The lowest BCUT2D eigenvalue weighted by molar-refractivity contribution is 1.36. The number of aromatic nitrogens is 1. The molecule has 0 bridgehead atoms. The minimum absolute atomic E-state index is 0.517. The van der Waals surface area contributed by atoms with Gasteiger partial charge in [0.2, 0.25) is 0 Å². The Kier molecular flexibility index (Phi) is 3.91. The van der Waals surface area contributed by atoms with Gasteiger partial charge in [0, 0.05) is 20.5 Å². The van der Waals surface area contributed by atoms with Crippen LogP contribution in [0.5, 0.6) is 0 Å². The first kappa shape index (κ1) is 14.1. The fourth-order valence-electron chi connectivity index (χ4n) is 2.09. The first-order valence-electron chi connectivity index (χ1n) is 6.19. The SMILES string of the molecule is N#Cc1cnc2ccccc2c1Nc1ccc(Br)cc1Br. The molecule has 3 aromatic rings. The van der Waals surface area contributed by atoms with Gasteiger partial charge < -0.3 is 5.32 Å². The van der Waals surface area contributed by atoms with E-state index in [2.05, 4.69) is 48.2 Å². The summed E-state index contributed by atoms with van der Waals surface area (Å²) in [4.78, 5) is 4.31. The fraction of sp³-hybridized carbons (Fsp3) is 0. The first-order valence-corrected chi connectivity index (χ1v) is 7.77. The molecular formula is C16H9Br2N3. The molecule has 0 amide bonds. The third kappa shape index (κ3) is 2.78. The summed E-state index contributed by atoms with van der Waals surface area (Å²) in [7, 11) is 0. The molecule has 0 aliphatic heterocycles. The highest BCUT2D eigenvalue weighted by atomic mass is 79.9. The molecule has 3 nitrogen and oxygen atoms in total. The number of hydrogen-bond donors (Lipinski definition) is 1. The molecule has 1 aromatic heterocycles. The van der Waals surface area contributed by atoms with Crippen LogP contribution < -0.4 is 5.32 Å². The molecule has 0 aliphatic rings. The number of nitrogens with zero attached hydrogens (tertiary/aromatic N) is 2. The van der Waals surface area contributed by atoms with Gasteiger partial charge >= 0.3 is 0 Å². The molecule has 5 heteroatoms. The minimum atomic E-state index is 0.517. The van der Waals surface area contributed by atoms with Crippen LogP contribution in [0.15, 0.2) is 57.6 Å². The Hall–Kier alpha value is -1.90. The average Bonchev–Trinajstić information content (AvgIpc) is 2.50. The van der Waals surface area contributed by atoms with Gasteiger partial charge in [-0.15, -0.1) is 0 Å². The van der Waals surface area contributed by atoms with E-state index in [9.17, 15) is 5.26 Å². The van der Waals surface area contributed by atoms with E-state index < -0.39 is 0 Å². The molecule has 0 saturated heterocycles. The van der Waals surface area contributed by atoms with Gasteiger partial charge in [0.05, 0.1) is 22.5 Å². The molecule has 1 N–H and O–H groups in total. The molecule has 3 rings (SSSR count). The van der Waals surface area contributed by atoms with Gasteiger partial charge in [0.1, 0.15) is 6.07 Å². The number of nitriles is 1. The first-order chi connectivity index (χ1) is 10.2. The number of nitrogens with one attached hydrogen (secondary N) is 1. The Labute approximate surface area is 138 Å². The second kappa shape index (κ2) is 5.84. The highest BCUT2D eigenvalue weighted by molar-refractivity contribution is 9.11. The third-order valence-corrected chi connectivity index (χ3v) is 4.24. The predicted octanol–water partition coefficient (Wildman–Crippen LogP) is 5.38. The number of anilines is 2. The molecular weight excluding hydrogens is 394 g/mol. The van der Waals surface area contributed by atoms with Crippen molar-refractivity contribution in [2.45, 2.75) is 0 Å². The number of benzene rings is 2. The smallest absolute Gasteiger partial charge is 0.103 e. The van der Waals surface area contributed by atoms with E-state index in [4.69, 9.17) is 0 Å². The largest absolute Gasteiger partial charge is 0.353 e. The molecule has 2 aromatic carbocycles. The quantitative estimate of drug-likeness (QED) is 0.626. The van der Waals surface area contributed by atoms with E-state index in [1.54, 1.807) is 6.20 Å². The Morgan fingerprint density at radius 3 is 2.67 bits per heavy atom. The van der Waals surface area contributed by atoms with E-state index in [0.29, 0.717) is 5.56 Å². The lowest BCUT2D eigenvalue weighted by atomic mass is 10.1. The molecule has 1 heterocycles. The van der Waals surface area contributed by atoms with Gasteiger partial charge in [0.25, 0.3) is 0 Å². The van der Waals surface area contributed by atoms with Crippen molar-refractivity contribution >= 4 is 54.1 Å². The molecule has 102 valence electrons. The lowest BCUT2D eigenvalue weighted by Gasteiger charge is -2.13. The van der Waals surface area contributed by atoms with Crippen molar-refractivity contribution in [1.82, 2.24) is 4.98 Å². The van der Waals surface area contributed by atoms with Crippen molar-refractivity contribution in [3.63, 3.8) is 0 Å². The van der Waals surface area contributed by atoms with Crippen molar-refractivity contribution in [2.24, 2.45) is 0 Å². The summed E-state index contributed by atoms with van der Waals surface area (Å²) >= 11 is 6.95. The van der Waals surface area contributed by atoms with Crippen LogP contribution in [-0.4, -0.2) is 4.98 Å². The van der Waals surface area contributed by atoms with Crippen LogP contribution in [0.4, 0.5) is 11.4 Å². The Morgan fingerprint density at radius 1 is 1.10 bits per heavy atom. The standard InChI is InChI=1S/C16H9Br2N3/c17-11-5-6-15(13(18)7-11)21-16-10(8-19)9-20-14-4-2-1-3-12(14)16/h1-7,9H,(H,20,21). The van der Waals surface area contributed by atoms with Crippen molar-refractivity contribution < 1.29 is 0 Å². The van der Waals surface area contributed by atoms with Crippen molar-refractivity contribution in [3.05, 3.63) is 63.2 Å². The van der Waals surface area contributed by atoms with Crippen LogP contribution in [0, 0.1) is 11.3 Å². The summed E-state index contributed by atoms with van der Waals surface area (Å²) in [6.07, 6.45) is 1.59. The maximum Gasteiger partial charge on any atom is 0.103 e. The van der Waals surface area contributed by atoms with Crippen LogP contribution in [0.25, 0.3) is 10.9 Å². The summed E-state index contributed by atoms with van der Waals surface area (Å²) in [5.74, 6) is 0. The summed E-state index contributed by atoms with van der Waals surface area (Å²) in [6.45, 7) is 0. The average molecular weight is 403 g/mol. The number of hydrogen-bond acceptors (Lipinski definition) is 3. The molecule has 0 atom stereocenters. The lowest BCUT2D eigenvalue weighted by Crippen LogP contribution is -1.97. The van der Waals surface area contributed by atoms with Crippen LogP contribution in [0.2, 0.25) is 0 Å². The summed E-state index contributed by atoms with van der Waals surface area (Å²) in [6, 6.07) is 15.8. The zero-order valence-corrected chi connectivity index (χ0v) is 13.9. The maximum absolute atomic E-state index is 9.32. The Balaban J connectivity index is 2.17. The zero-order chi connectivity index (χ0) is 14.8. The number of rotatable bonds is 2. The van der Waals surface area contributed by atoms with Crippen LogP contribution in [0.1, 0.15) is 5.56 Å². The second-order valence-electron chi connectivity index (χ2n) is 4.42. The fourth-order valence-corrected chi connectivity index (χ4v) is 3.23. The van der Waals surface area contributed by atoms with E-state index in [1.807, 2.05) is 42.5 Å². The molecule has 0 aliphatic carbocycles. The molecule has 0 fully saturated rings. The molecule has 0 spiro atoms. The Bertz CT molecular complexity index is 869. The second-order valence-corrected chi connectivity index (χ2v) is 6.20. The molecule has 0 saturated carbocycles. The molecule has 21 heavy (non-hydrogen) atoms. The summed E-state index contributed by atoms with van der Waals surface area (Å²) in [5.41, 5.74) is 3.04. The van der Waals surface area contributed by atoms with Crippen LogP contribution in [0.3, 0.4) is 0 Å². The van der Waals surface area contributed by atoms with Gasteiger partial charge in [-0.1, -0.05) is 34.1 Å². The Morgan fingerprint density at radius 2 is 1.90 bits per heavy atom. The van der Waals surface area contributed by atoms with E-state index >= 15 is 0 Å². The normalized spacial score (nSPS) is 10.3. The number of fused-ring (bicyclic) bond motifs is 1. The maximum atomic E-state index is 9.32. The van der Waals surface area contributed by atoms with Crippen molar-refractivity contribution in [2.75, 3.05) is 5.32 Å². The predicted molar refractivity (Wildman–Crippen MR) is 91.6 cm³/mol. The summed E-state index contributed by atoms with van der Waals surface area (Å²) < 4.78 is 1.90. The van der Waals surface area contributed by atoms with Gasteiger partial charge in [-0.3, -0.25) is 4.98 Å². The number of pyridine rings is 1. The van der Waals surface area contributed by atoms with E-state index in [0.717, 1.165) is 31.2 Å². The van der Waals surface area contributed by atoms with Gasteiger partial charge in [-0.25, -0.2) is 0 Å². The van der Waals surface area contributed by atoms with Gasteiger partial charge in [-0.05, 0) is 40.2 Å². The highest BCUT2D eigenvalue weighted by Gasteiger charge is 2.10. The van der Waals surface area contributed by atoms with Crippen LogP contribution in [-0.2, 0) is 0 Å². The highest BCUT2D eigenvalue weighted by Crippen LogP contribution is 2.33. The summed E-state index contributed by atoms with van der Waals surface area (Å²) in [5, 5.41) is 13.6. The molecule has 0 unspecified atom stereocenters. The number of para-hydroxylation sites is 1. The van der Waals surface area contributed by atoms with Crippen molar-refractivity contribution in [1.29, 1.82) is 5.26 Å². The van der Waals surface area contributed by atoms with Gasteiger partial charge in [-0.2, -0.15) is 5.26 Å². The topological polar surface area (TPSA) is 48.7 Å². The monoisotopic (exact) mass is 401 g/mol. The van der Waals surface area contributed by atoms with E-state index in [1.165, 1.54) is 0 Å². The van der Waals surface area contributed by atoms with Gasteiger partial charge in [0.15, 0.2) is 0 Å². The minimum Gasteiger partial charge on any atom is -0.353 e. The molecule has 0 radical (unpaired) electrons. The third-order valence-electron chi connectivity index (χ3n) is 3.09. The number of halogens is 2. The van der Waals surface area contributed by atoms with Crippen molar-refractivity contribution in [3.8, 4) is 6.07 Å². The zero-order valence-electron chi connectivity index (χ0n) is 10.8. The van der Waals surface area contributed by atoms with Crippen LogP contribution >= 0.6 is 31.9 Å². The van der Waals surface area contributed by atoms with E-state index in [-0.39, 0.29) is 0 Å².